The van der Waals surface area contributed by atoms with E-state index in [0.717, 1.165) is 39.5 Å². The number of para-hydroxylation sites is 1. The Morgan fingerprint density at radius 3 is 1.70 bits per heavy atom. The summed E-state index contributed by atoms with van der Waals surface area (Å²) in [5.41, 5.74) is 1.28. The maximum absolute atomic E-state index is 10.2. The third-order valence-electron chi connectivity index (χ3n) is 15.3. The van der Waals surface area contributed by atoms with E-state index in [4.69, 9.17) is 19.3 Å². The summed E-state index contributed by atoms with van der Waals surface area (Å²) in [4.78, 5) is 4.83. The summed E-state index contributed by atoms with van der Waals surface area (Å²) in [6, 6.07) is 15.5. The minimum absolute atomic E-state index is 0. The van der Waals surface area contributed by atoms with Gasteiger partial charge in [-0.05, 0) is 117 Å². The predicted octanol–water partition coefficient (Wildman–Crippen LogP) is 16.6. The molecule has 87 heavy (non-hydrogen) atoms. The largest absolute Gasteiger partial charge is 0.510 e. The van der Waals surface area contributed by atoms with Gasteiger partial charge in [0.1, 0.15) is 5.82 Å². The number of aromatic nitrogens is 4. The van der Waals surface area contributed by atoms with Crippen molar-refractivity contribution >= 4 is 61.7 Å². The Kier molecular flexibility index (Phi) is 9.19. The molecule has 0 saturated heterocycles. The Morgan fingerprint density at radius 2 is 1.07 bits per heavy atom. The molecule has 0 unspecified atom stereocenters. The number of fused-ring (bicyclic) bond motifs is 4. The molecule has 0 saturated carbocycles. The first-order valence-electron chi connectivity index (χ1n) is 40.0. The molecule has 0 aliphatic rings. The fourth-order valence-corrected chi connectivity index (χ4v) is 15.1. The third kappa shape index (κ3) is 10.5. The summed E-state index contributed by atoms with van der Waals surface area (Å²) >= 11 is 0. The maximum atomic E-state index is 10.2. The van der Waals surface area contributed by atoms with Crippen LogP contribution >= 0.6 is 0 Å². The first-order valence-corrected chi connectivity index (χ1v) is 29.5. The number of hydrogen-bond donors (Lipinski definition) is 0. The Bertz CT molecular complexity index is 6060. The molecule has 0 spiro atoms. The SMILES string of the molecule is [2H]c1c([2H])c([2H])c(-c2cc(-c3c([2H])c([2H])c([2H])c([2H])c3[2H])c(-[n+]3[c-]n(-c4[c-]c(Oc5[c-]c6c(cc5)c5ccccc5n6-c5cc(C(C)(C)C)ccn5)ccc4)c4cc(-c5ccc(C(C)(C)C)cc5)ccc43)c([Si](c3c([2H])c([2H])c([2H])c([2H])c3[2H])(c3c([2H])c([2H])c([2H])c([2H])c3[2H])c3c([2H])c([2H])c([2H])c([2H])c3[2H])c2)c([2H])c1[2H].[Pt]. The molecule has 3 heterocycles. The van der Waals surface area contributed by atoms with Crippen molar-refractivity contribution in [2.24, 2.45) is 0 Å². The second-order valence-electron chi connectivity index (χ2n) is 22.6. The first kappa shape index (κ1) is 34.6. The normalized spacial score (nSPS) is 16.0. The molecule has 0 aliphatic heterocycles. The van der Waals surface area contributed by atoms with Gasteiger partial charge in [0.25, 0.3) is 6.33 Å². The minimum Gasteiger partial charge on any atom is -0.510 e. The number of imidazole rings is 1. The van der Waals surface area contributed by atoms with Crippen molar-refractivity contribution in [2.75, 3.05) is 0 Å². The smallest absolute Gasteiger partial charge is 0.268 e. The van der Waals surface area contributed by atoms with Gasteiger partial charge in [0.2, 0.25) is 0 Å². The standard InChI is InChI=1S/C80H64N4OSi.Pt/c1-79(2,3)61-42-39-57(40-43-61)59-41-46-73-75(50-59)82(63-29-24-30-64(53-63)85-65-44-45-70-69-37-22-23-38-72(69)84(74(70)54-65)77-52-62(47-48-81-77)80(4,5)6)55-83(73)78-71(58-27-14-8-15-28-58)49-60(56-25-12-7-13-26-56)51-76(78)86(66-31-16-9-17-32-66,67-33-18-10-19-34-67)68-35-20-11-21-36-68;/h7-52H,1-6H3;/q-2;/i7D,8D,9D,10D,11D,12D,13D,14D,15D,16D,17D,18D,19D,20D,21D,25D,26D,27D,28D,31D,32D,33D,34D,35D,36D;. The molecular formula is C80H64N4OPtSi-2. The van der Waals surface area contributed by atoms with Gasteiger partial charge in [-0.15, -0.1) is 29.7 Å². The molecular weight excluding hydrogens is 1260 g/mol. The Hall–Kier alpha value is -9.45. The molecule has 0 aliphatic carbocycles. The number of nitrogens with zero attached hydrogens (tertiary/aromatic N) is 4. The fraction of sp³-hybridized carbons (Fsp3) is 0.100. The number of ether oxygens (including phenoxy) is 1. The van der Waals surface area contributed by atoms with Crippen LogP contribution in [0.5, 0.6) is 11.5 Å². The van der Waals surface area contributed by atoms with Crippen LogP contribution in [0.25, 0.3) is 83.4 Å². The molecule has 14 aromatic rings. The maximum Gasteiger partial charge on any atom is 0.268 e. The van der Waals surface area contributed by atoms with Crippen molar-refractivity contribution in [2.45, 2.75) is 52.4 Å². The molecule has 0 amide bonds. The van der Waals surface area contributed by atoms with Gasteiger partial charge in [-0.2, -0.15) is 18.2 Å². The average molecular weight is 1350 g/mol. The summed E-state index contributed by atoms with van der Waals surface area (Å²) in [6.07, 6.45) is 5.15. The van der Waals surface area contributed by atoms with Gasteiger partial charge >= 0.3 is 0 Å². The summed E-state index contributed by atoms with van der Waals surface area (Å²) in [5.74, 6) is 0.943. The van der Waals surface area contributed by atoms with Gasteiger partial charge in [0, 0.05) is 44.3 Å². The topological polar surface area (TPSA) is 35.9 Å². The van der Waals surface area contributed by atoms with Crippen LogP contribution in [0.2, 0.25) is 0 Å². The molecule has 11 aromatic carbocycles. The van der Waals surface area contributed by atoms with Gasteiger partial charge < -0.3 is 13.9 Å². The van der Waals surface area contributed by atoms with E-state index >= 15 is 0 Å². The summed E-state index contributed by atoms with van der Waals surface area (Å²) in [5, 5.41) is -2.06. The third-order valence-corrected chi connectivity index (χ3v) is 19.5. The van der Waals surface area contributed by atoms with Crippen molar-refractivity contribution in [1.82, 2.24) is 14.1 Å². The quantitative estimate of drug-likeness (QED) is 0.0529. The van der Waals surface area contributed by atoms with E-state index in [1.54, 1.807) is 48.7 Å². The molecule has 0 N–H and O–H groups in total. The van der Waals surface area contributed by atoms with Crippen molar-refractivity contribution < 1.29 is 64.6 Å². The van der Waals surface area contributed by atoms with Gasteiger partial charge in [-0.1, -0.05) is 259 Å². The number of pyridine rings is 1. The van der Waals surface area contributed by atoms with E-state index in [1.165, 1.54) is 9.13 Å². The van der Waals surface area contributed by atoms with Gasteiger partial charge in [-0.3, -0.25) is 4.57 Å². The van der Waals surface area contributed by atoms with Crippen LogP contribution in [-0.4, -0.2) is 22.2 Å². The molecule has 0 fully saturated rings. The summed E-state index contributed by atoms with van der Waals surface area (Å²) < 4.78 is 251. The van der Waals surface area contributed by atoms with E-state index < -0.39 is 208 Å². The van der Waals surface area contributed by atoms with Crippen molar-refractivity contribution in [3.63, 3.8) is 0 Å². The average Bonchev–Trinajstić information content (AvgIpc) is 0.839. The number of hydrogen-bond acceptors (Lipinski definition) is 2. The van der Waals surface area contributed by atoms with E-state index in [-0.39, 0.29) is 60.1 Å². The van der Waals surface area contributed by atoms with Crippen molar-refractivity contribution in [1.29, 1.82) is 0 Å². The summed E-state index contributed by atoms with van der Waals surface area (Å²) in [7, 11) is -6.58. The van der Waals surface area contributed by atoms with Crippen LogP contribution in [-0.2, 0) is 31.9 Å². The Labute approximate surface area is 560 Å². The van der Waals surface area contributed by atoms with E-state index in [9.17, 15) is 24.7 Å². The molecule has 0 radical (unpaired) electrons. The van der Waals surface area contributed by atoms with E-state index in [2.05, 4.69) is 60.0 Å². The molecule has 426 valence electrons. The van der Waals surface area contributed by atoms with Crippen molar-refractivity contribution in [3.8, 4) is 62.1 Å². The predicted molar refractivity (Wildman–Crippen MR) is 357 cm³/mol. The zero-order chi connectivity index (χ0) is 80.3. The monoisotopic (exact) mass is 1340 g/mol. The van der Waals surface area contributed by atoms with Crippen LogP contribution in [0.15, 0.2) is 279 Å². The number of benzene rings is 11. The summed E-state index contributed by atoms with van der Waals surface area (Å²) in [6.45, 7) is 12.5. The van der Waals surface area contributed by atoms with Crippen LogP contribution < -0.4 is 30.1 Å². The Balaban J connectivity index is 0.0000110. The fourth-order valence-electron chi connectivity index (χ4n) is 11.1. The van der Waals surface area contributed by atoms with Gasteiger partial charge in [-0.25, -0.2) is 4.98 Å². The van der Waals surface area contributed by atoms with E-state index in [0.29, 0.717) is 22.5 Å². The molecule has 0 bridgehead atoms. The molecule has 0 atom stereocenters. The van der Waals surface area contributed by atoms with E-state index in [1.807, 2.05) is 71.3 Å². The van der Waals surface area contributed by atoms with Crippen LogP contribution in [0.1, 0.15) is 86.9 Å². The zero-order valence-electron chi connectivity index (χ0n) is 72.6. The van der Waals surface area contributed by atoms with Gasteiger partial charge in [0.05, 0.1) is 51.0 Å². The second-order valence-corrected chi connectivity index (χ2v) is 26.1. The minimum atomic E-state index is -6.58. The molecule has 14 rings (SSSR count). The molecule has 7 heteroatoms. The molecule has 3 aromatic heterocycles. The molecule has 5 nitrogen and oxygen atoms in total. The van der Waals surface area contributed by atoms with Gasteiger partial charge in [0.15, 0.2) is 8.07 Å². The second kappa shape index (κ2) is 23.1. The first-order chi connectivity index (χ1) is 52.2. The zero-order valence-corrected chi connectivity index (χ0v) is 50.9. The van der Waals surface area contributed by atoms with Crippen LogP contribution in [0.4, 0.5) is 0 Å². The van der Waals surface area contributed by atoms with Crippen molar-refractivity contribution in [3.05, 3.63) is 308 Å². The van der Waals surface area contributed by atoms with Crippen LogP contribution in [0.3, 0.4) is 0 Å². The number of rotatable bonds is 12. The Morgan fingerprint density at radius 1 is 0.483 bits per heavy atom. The van der Waals surface area contributed by atoms with Crippen LogP contribution in [0, 0.1) is 18.5 Å².